The van der Waals surface area contributed by atoms with Crippen LogP contribution in [0.1, 0.15) is 71.6 Å². The quantitative estimate of drug-likeness (QED) is 0.173. The summed E-state index contributed by atoms with van der Waals surface area (Å²) >= 11 is 0. The zero-order valence-electron chi connectivity index (χ0n) is 25.4. The van der Waals surface area contributed by atoms with Crippen molar-refractivity contribution in [1.82, 2.24) is 0 Å². The normalized spacial score (nSPS) is 56.5. The molecule has 6 fully saturated rings. The Labute approximate surface area is 252 Å². The molecule has 0 unspecified atom stereocenters. The maximum atomic E-state index is 11.3. The lowest BCUT2D eigenvalue weighted by Crippen LogP contribution is -2.61. The lowest BCUT2D eigenvalue weighted by atomic mass is 9.41. The maximum Gasteiger partial charge on any atom is 0.186 e. The Hall–Kier alpha value is -0.480. The molecule has 12 nitrogen and oxygen atoms in total. The molecule has 0 amide bonds. The topological polar surface area (TPSA) is 199 Å². The van der Waals surface area contributed by atoms with Gasteiger partial charge in [-0.25, -0.2) is 0 Å². The van der Waals surface area contributed by atoms with Gasteiger partial charge in [0.05, 0.1) is 38.6 Å². The zero-order valence-corrected chi connectivity index (χ0v) is 25.4. The maximum absolute atomic E-state index is 11.3. The molecule has 4 saturated carbocycles. The van der Waals surface area contributed by atoms with E-state index in [1.165, 1.54) is 0 Å². The fourth-order valence-corrected chi connectivity index (χ4v) is 10.7. The van der Waals surface area contributed by atoms with Gasteiger partial charge in [0.25, 0.3) is 0 Å². The molecule has 8 N–H and O–H groups in total. The van der Waals surface area contributed by atoms with Crippen molar-refractivity contribution in [1.29, 1.82) is 0 Å². The molecule has 43 heavy (non-hydrogen) atoms. The van der Waals surface area contributed by atoms with Gasteiger partial charge in [0.1, 0.15) is 36.1 Å². The molecule has 2 aliphatic heterocycles. The molecule has 15 atom stereocenters. The molecule has 1 spiro atoms. The number of fused-ring (bicyclic) bond motifs is 3. The van der Waals surface area contributed by atoms with E-state index in [2.05, 4.69) is 13.8 Å². The lowest BCUT2D eigenvalue weighted by molar-refractivity contribution is -0.317. The average molecular weight is 617 g/mol. The standard InChI is InChI=1S/C31H52O12/c1-27(7-3-8-28(2)19(27)6-9-29-10-17(4-5-20(28)29)30(38,12-29)13-32)15-41-25-23(36)22(35)21(34)18(43-25)11-40-26-24(37)31(39,14-33)16-42-26/h17-26,32-39H,3-16H2,1-2H3/t17-,18-,19-,20+,21-,22+,23-,24+,25-,26-,27+,28-,29+,30-,31-/m1/s1. The van der Waals surface area contributed by atoms with Crippen LogP contribution in [-0.4, -0.2) is 128 Å². The van der Waals surface area contributed by atoms with Crippen LogP contribution < -0.4 is 0 Å². The Balaban J connectivity index is 1.12. The molecule has 2 saturated heterocycles. The number of hydrogen-bond acceptors (Lipinski definition) is 12. The third-order valence-electron chi connectivity index (χ3n) is 13.0. The van der Waals surface area contributed by atoms with Crippen LogP contribution in [0, 0.1) is 34.0 Å². The van der Waals surface area contributed by atoms with E-state index in [-0.39, 0.29) is 42.0 Å². The average Bonchev–Trinajstić information content (AvgIpc) is 3.38. The summed E-state index contributed by atoms with van der Waals surface area (Å²) in [6, 6.07) is 0. The molecule has 2 heterocycles. The van der Waals surface area contributed by atoms with E-state index < -0.39 is 60.9 Å². The second-order valence-corrected chi connectivity index (χ2v) is 15.5. The van der Waals surface area contributed by atoms with Gasteiger partial charge in [-0.05, 0) is 85.4 Å². The van der Waals surface area contributed by atoms with Crippen LogP contribution >= 0.6 is 0 Å². The number of aliphatic hydroxyl groups excluding tert-OH is 6. The monoisotopic (exact) mass is 616 g/mol. The van der Waals surface area contributed by atoms with Crippen molar-refractivity contribution in [3.8, 4) is 0 Å². The first kappa shape index (κ1) is 32.5. The molecule has 6 rings (SSSR count). The summed E-state index contributed by atoms with van der Waals surface area (Å²) in [5.41, 5.74) is -2.94. The second kappa shape index (κ2) is 11.3. The molecular formula is C31H52O12. The Morgan fingerprint density at radius 2 is 1.53 bits per heavy atom. The highest BCUT2D eigenvalue weighted by molar-refractivity contribution is 5.17. The molecule has 12 heteroatoms. The predicted octanol–water partition coefficient (Wildman–Crippen LogP) is -0.596. The van der Waals surface area contributed by atoms with Crippen molar-refractivity contribution >= 4 is 0 Å². The number of aliphatic hydroxyl groups is 8. The fraction of sp³-hybridized carbons (Fsp3) is 1.00. The van der Waals surface area contributed by atoms with Gasteiger partial charge in [-0.3, -0.25) is 0 Å². The van der Waals surface area contributed by atoms with Crippen LogP contribution in [0.3, 0.4) is 0 Å². The van der Waals surface area contributed by atoms with Crippen LogP contribution in [0.2, 0.25) is 0 Å². The molecule has 2 bridgehead atoms. The first-order valence-electron chi connectivity index (χ1n) is 16.1. The van der Waals surface area contributed by atoms with Crippen LogP contribution in [0.15, 0.2) is 0 Å². The highest BCUT2D eigenvalue weighted by Crippen LogP contribution is 2.72. The molecule has 248 valence electrons. The molecular weight excluding hydrogens is 564 g/mol. The van der Waals surface area contributed by atoms with Gasteiger partial charge in [-0.2, -0.15) is 0 Å². The fourth-order valence-electron chi connectivity index (χ4n) is 10.7. The Morgan fingerprint density at radius 1 is 0.791 bits per heavy atom. The number of rotatable bonds is 8. The number of hydrogen-bond donors (Lipinski definition) is 8. The van der Waals surface area contributed by atoms with Crippen molar-refractivity contribution in [3.63, 3.8) is 0 Å². The zero-order chi connectivity index (χ0) is 31.0. The van der Waals surface area contributed by atoms with Crippen molar-refractivity contribution in [2.45, 2.75) is 126 Å². The minimum atomic E-state index is -1.86. The van der Waals surface area contributed by atoms with Gasteiger partial charge in [-0.1, -0.05) is 20.3 Å². The molecule has 6 aliphatic rings. The third-order valence-corrected chi connectivity index (χ3v) is 13.0. The minimum absolute atomic E-state index is 0.0526. The van der Waals surface area contributed by atoms with E-state index >= 15 is 0 Å². The van der Waals surface area contributed by atoms with Crippen LogP contribution in [-0.2, 0) is 18.9 Å². The SMILES string of the molecule is C[C@@]1(CO[C@@H]2O[C@H](CO[C@@H]3OC[C@](O)(CO)[C@H]3O)[C@@H](O)[C@H](O)[C@H]2O)CCC[C@]2(C)[C@@H]1CC[C@@]13C[C@@H](CC[C@H]12)[C@](O)(CO)C3. The van der Waals surface area contributed by atoms with Gasteiger partial charge in [-0.15, -0.1) is 0 Å². The molecule has 0 radical (unpaired) electrons. The summed E-state index contributed by atoms with van der Waals surface area (Å²) in [7, 11) is 0. The summed E-state index contributed by atoms with van der Waals surface area (Å²) in [5, 5.41) is 83.1. The molecule has 0 aromatic heterocycles. The van der Waals surface area contributed by atoms with E-state index in [4.69, 9.17) is 18.9 Å². The first-order valence-corrected chi connectivity index (χ1v) is 16.1. The lowest BCUT2D eigenvalue weighted by Gasteiger charge is -2.64. The summed E-state index contributed by atoms with van der Waals surface area (Å²) in [5.74, 6) is 0.979. The predicted molar refractivity (Wildman–Crippen MR) is 149 cm³/mol. The van der Waals surface area contributed by atoms with E-state index in [0.29, 0.717) is 24.9 Å². The van der Waals surface area contributed by atoms with Crippen molar-refractivity contribution in [2.75, 3.05) is 33.0 Å². The Kier molecular flexibility index (Phi) is 8.56. The third kappa shape index (κ3) is 5.12. The highest BCUT2D eigenvalue weighted by Gasteiger charge is 2.67. The second-order valence-electron chi connectivity index (χ2n) is 15.5. The van der Waals surface area contributed by atoms with E-state index in [1.807, 2.05) is 0 Å². The minimum Gasteiger partial charge on any atom is -0.393 e. The van der Waals surface area contributed by atoms with Gasteiger partial charge in [0, 0.05) is 0 Å². The summed E-state index contributed by atoms with van der Waals surface area (Å²) in [4.78, 5) is 0. The summed E-state index contributed by atoms with van der Waals surface area (Å²) < 4.78 is 22.9. The van der Waals surface area contributed by atoms with Crippen LogP contribution in [0.25, 0.3) is 0 Å². The summed E-state index contributed by atoms with van der Waals surface area (Å²) in [6.45, 7) is 3.39. The van der Waals surface area contributed by atoms with E-state index in [9.17, 15) is 40.9 Å². The van der Waals surface area contributed by atoms with Crippen molar-refractivity contribution in [3.05, 3.63) is 0 Å². The first-order chi connectivity index (χ1) is 20.2. The van der Waals surface area contributed by atoms with Gasteiger partial charge in [0.15, 0.2) is 12.6 Å². The molecule has 4 aliphatic carbocycles. The van der Waals surface area contributed by atoms with Gasteiger partial charge in [0.2, 0.25) is 0 Å². The van der Waals surface area contributed by atoms with E-state index in [1.54, 1.807) is 0 Å². The van der Waals surface area contributed by atoms with Crippen LogP contribution in [0.5, 0.6) is 0 Å². The number of ether oxygens (including phenoxy) is 4. The smallest absolute Gasteiger partial charge is 0.186 e. The largest absolute Gasteiger partial charge is 0.393 e. The molecule has 0 aromatic rings. The van der Waals surface area contributed by atoms with E-state index in [0.717, 1.165) is 51.4 Å². The summed E-state index contributed by atoms with van der Waals surface area (Å²) in [6.07, 6.45) is -0.911. The highest BCUT2D eigenvalue weighted by atomic mass is 16.7. The van der Waals surface area contributed by atoms with Crippen molar-refractivity contribution in [2.24, 2.45) is 34.0 Å². The Bertz CT molecular complexity index is 1020. The molecule has 0 aromatic carbocycles. The van der Waals surface area contributed by atoms with Gasteiger partial charge < -0.3 is 59.8 Å². The Morgan fingerprint density at radius 3 is 2.23 bits per heavy atom. The van der Waals surface area contributed by atoms with Gasteiger partial charge >= 0.3 is 0 Å². The van der Waals surface area contributed by atoms with Crippen LogP contribution in [0.4, 0.5) is 0 Å². The van der Waals surface area contributed by atoms with Crippen molar-refractivity contribution < 1.29 is 59.8 Å².